The van der Waals surface area contributed by atoms with Crippen LogP contribution in [0.4, 0.5) is 0 Å². The van der Waals surface area contributed by atoms with Crippen LogP contribution in [0.25, 0.3) is 77.3 Å². The van der Waals surface area contributed by atoms with Crippen LogP contribution in [0.2, 0.25) is 0 Å². The third kappa shape index (κ3) is 3.44. The third-order valence-electron chi connectivity index (χ3n) is 7.76. The number of hydrogen-bond donors (Lipinski definition) is 0. The van der Waals surface area contributed by atoms with Gasteiger partial charge in [-0.1, -0.05) is 78.9 Å². The van der Waals surface area contributed by atoms with Gasteiger partial charge in [0.1, 0.15) is 22.3 Å². The van der Waals surface area contributed by atoms with Crippen molar-refractivity contribution < 1.29 is 8.83 Å². The Labute approximate surface area is 230 Å². The Kier molecular flexibility index (Phi) is 4.89. The lowest BCUT2D eigenvalue weighted by atomic mass is 9.89. The normalized spacial score (nSPS) is 11.5. The van der Waals surface area contributed by atoms with Crippen molar-refractivity contribution in [1.82, 2.24) is 0 Å². The Morgan fingerprint density at radius 1 is 0.400 bits per heavy atom. The molecule has 2 heterocycles. The lowest BCUT2D eigenvalue weighted by molar-refractivity contribution is 0.668. The Morgan fingerprint density at radius 3 is 1.82 bits per heavy atom. The minimum atomic E-state index is 0.641. The van der Waals surface area contributed by atoms with Crippen LogP contribution in [0.5, 0.6) is 0 Å². The molecule has 0 unspecified atom stereocenters. The Bertz CT molecular complexity index is 2290. The standard InChI is InChI=1S/C37H21NO2/c38-22-26-7-1-2-8-27(26)32-19-23(24-15-18-36-33(20-24)30-10-4-6-12-35(30)39-36)13-16-28(32)25-14-17-31-29-9-3-5-11-34(29)40-37(31)21-25/h1-21H. The molecule has 6 aromatic carbocycles. The average molecular weight is 512 g/mol. The van der Waals surface area contributed by atoms with Gasteiger partial charge in [-0.2, -0.15) is 5.26 Å². The van der Waals surface area contributed by atoms with Crippen molar-refractivity contribution in [1.29, 1.82) is 5.26 Å². The van der Waals surface area contributed by atoms with Crippen molar-refractivity contribution in [3.63, 3.8) is 0 Å². The van der Waals surface area contributed by atoms with Crippen LogP contribution in [0.15, 0.2) is 136 Å². The minimum Gasteiger partial charge on any atom is -0.456 e. The van der Waals surface area contributed by atoms with Crippen molar-refractivity contribution in [3.05, 3.63) is 133 Å². The zero-order valence-electron chi connectivity index (χ0n) is 21.4. The summed E-state index contributed by atoms with van der Waals surface area (Å²) in [4.78, 5) is 0. The zero-order chi connectivity index (χ0) is 26.6. The van der Waals surface area contributed by atoms with Gasteiger partial charge in [-0.15, -0.1) is 0 Å². The van der Waals surface area contributed by atoms with E-state index in [9.17, 15) is 5.26 Å². The summed E-state index contributed by atoms with van der Waals surface area (Å²) in [5.74, 6) is 0. The van der Waals surface area contributed by atoms with Crippen molar-refractivity contribution in [2.45, 2.75) is 0 Å². The Morgan fingerprint density at radius 2 is 1.00 bits per heavy atom. The van der Waals surface area contributed by atoms with E-state index in [2.05, 4.69) is 66.7 Å². The molecule has 0 radical (unpaired) electrons. The number of benzene rings is 6. The van der Waals surface area contributed by atoms with Crippen molar-refractivity contribution in [2.24, 2.45) is 0 Å². The van der Waals surface area contributed by atoms with E-state index in [1.807, 2.05) is 66.7 Å². The van der Waals surface area contributed by atoms with E-state index in [4.69, 9.17) is 8.83 Å². The monoisotopic (exact) mass is 511 g/mol. The molecule has 3 heteroatoms. The van der Waals surface area contributed by atoms with E-state index in [1.165, 1.54) is 0 Å². The summed E-state index contributed by atoms with van der Waals surface area (Å²) in [6.07, 6.45) is 0. The number of hydrogen-bond acceptors (Lipinski definition) is 3. The summed E-state index contributed by atoms with van der Waals surface area (Å²) >= 11 is 0. The van der Waals surface area contributed by atoms with Gasteiger partial charge in [0.15, 0.2) is 0 Å². The van der Waals surface area contributed by atoms with Crippen molar-refractivity contribution in [2.75, 3.05) is 0 Å². The van der Waals surface area contributed by atoms with Gasteiger partial charge < -0.3 is 8.83 Å². The van der Waals surface area contributed by atoms with Crippen LogP contribution in [0.1, 0.15) is 5.56 Å². The lowest BCUT2D eigenvalue weighted by Crippen LogP contribution is -1.90. The van der Waals surface area contributed by atoms with E-state index < -0.39 is 0 Å². The van der Waals surface area contributed by atoms with Gasteiger partial charge in [0.25, 0.3) is 0 Å². The Balaban J connectivity index is 1.34. The van der Waals surface area contributed by atoms with E-state index in [1.54, 1.807) is 0 Å². The molecule has 0 saturated heterocycles. The average Bonchev–Trinajstić information content (AvgIpc) is 3.58. The second-order valence-corrected chi connectivity index (χ2v) is 10.0. The Hall–Kier alpha value is -5.59. The quantitative estimate of drug-likeness (QED) is 0.237. The van der Waals surface area contributed by atoms with Crippen LogP contribution >= 0.6 is 0 Å². The first kappa shape index (κ1) is 22.4. The van der Waals surface area contributed by atoms with Crippen molar-refractivity contribution in [3.8, 4) is 39.4 Å². The molecule has 8 rings (SSSR count). The molecule has 0 aliphatic rings. The van der Waals surface area contributed by atoms with Gasteiger partial charge in [-0.05, 0) is 76.3 Å². The smallest absolute Gasteiger partial charge is 0.136 e. The first-order valence-corrected chi connectivity index (χ1v) is 13.2. The largest absolute Gasteiger partial charge is 0.456 e. The number of para-hydroxylation sites is 2. The molecule has 0 fully saturated rings. The first-order chi connectivity index (χ1) is 19.8. The van der Waals surface area contributed by atoms with Crippen LogP contribution in [-0.4, -0.2) is 0 Å². The number of fused-ring (bicyclic) bond motifs is 6. The molecule has 2 aromatic heterocycles. The van der Waals surface area contributed by atoms with Crippen LogP contribution < -0.4 is 0 Å². The maximum Gasteiger partial charge on any atom is 0.136 e. The molecular formula is C37H21NO2. The molecule has 0 amide bonds. The highest BCUT2D eigenvalue weighted by atomic mass is 16.3. The van der Waals surface area contributed by atoms with Gasteiger partial charge in [0.05, 0.1) is 11.6 Å². The van der Waals surface area contributed by atoms with Gasteiger partial charge in [-0.25, -0.2) is 0 Å². The van der Waals surface area contributed by atoms with Crippen LogP contribution in [0.3, 0.4) is 0 Å². The van der Waals surface area contributed by atoms with Gasteiger partial charge in [0.2, 0.25) is 0 Å². The third-order valence-corrected chi connectivity index (χ3v) is 7.76. The van der Waals surface area contributed by atoms with Gasteiger partial charge >= 0.3 is 0 Å². The molecule has 0 bridgehead atoms. The molecule has 3 nitrogen and oxygen atoms in total. The highest BCUT2D eigenvalue weighted by Gasteiger charge is 2.16. The predicted molar refractivity (Wildman–Crippen MR) is 162 cm³/mol. The molecule has 40 heavy (non-hydrogen) atoms. The highest BCUT2D eigenvalue weighted by Crippen LogP contribution is 2.40. The molecule has 0 saturated carbocycles. The molecular weight excluding hydrogens is 490 g/mol. The van der Waals surface area contributed by atoms with E-state index >= 15 is 0 Å². The summed E-state index contributed by atoms with van der Waals surface area (Å²) in [5.41, 5.74) is 10.3. The topological polar surface area (TPSA) is 50.1 Å². The number of nitrogens with zero attached hydrogens (tertiary/aromatic N) is 1. The second kappa shape index (κ2) is 8.73. The number of furan rings is 2. The van der Waals surface area contributed by atoms with E-state index in [-0.39, 0.29) is 0 Å². The summed E-state index contributed by atoms with van der Waals surface area (Å²) in [7, 11) is 0. The van der Waals surface area contributed by atoms with E-state index in [0.29, 0.717) is 5.56 Å². The summed E-state index contributed by atoms with van der Waals surface area (Å²) in [6.45, 7) is 0. The lowest BCUT2D eigenvalue weighted by Gasteiger charge is -2.14. The van der Waals surface area contributed by atoms with Crippen LogP contribution in [0, 0.1) is 11.3 Å². The van der Waals surface area contributed by atoms with Gasteiger partial charge in [-0.3, -0.25) is 0 Å². The fourth-order valence-corrected chi connectivity index (χ4v) is 5.81. The molecule has 0 aliphatic heterocycles. The molecule has 0 aliphatic carbocycles. The maximum absolute atomic E-state index is 9.97. The van der Waals surface area contributed by atoms with Crippen LogP contribution in [-0.2, 0) is 0 Å². The minimum absolute atomic E-state index is 0.641. The fourth-order valence-electron chi connectivity index (χ4n) is 5.81. The molecule has 0 spiro atoms. The number of nitriles is 1. The second-order valence-electron chi connectivity index (χ2n) is 10.0. The summed E-state index contributed by atoms with van der Waals surface area (Å²) < 4.78 is 12.3. The first-order valence-electron chi connectivity index (χ1n) is 13.2. The fraction of sp³-hybridized carbons (Fsp3) is 0. The SMILES string of the molecule is N#Cc1ccccc1-c1cc(-c2ccc3oc4ccccc4c3c2)ccc1-c1ccc2c(c1)oc1ccccc12. The molecule has 8 aromatic rings. The summed E-state index contributed by atoms with van der Waals surface area (Å²) in [6, 6.07) is 45.6. The maximum atomic E-state index is 9.97. The highest BCUT2D eigenvalue weighted by molar-refractivity contribution is 6.07. The molecule has 0 atom stereocenters. The number of rotatable bonds is 3. The van der Waals surface area contributed by atoms with Crippen molar-refractivity contribution >= 4 is 43.9 Å². The van der Waals surface area contributed by atoms with Gasteiger partial charge in [0, 0.05) is 27.1 Å². The predicted octanol–water partition coefficient (Wildman–Crippen LogP) is 10.4. The van der Waals surface area contributed by atoms with E-state index in [0.717, 1.165) is 77.3 Å². The molecule has 0 N–H and O–H groups in total. The summed E-state index contributed by atoms with van der Waals surface area (Å²) in [5, 5.41) is 14.4. The molecule has 186 valence electrons. The zero-order valence-corrected chi connectivity index (χ0v) is 21.4.